The molecule has 0 saturated carbocycles. The summed E-state index contributed by atoms with van der Waals surface area (Å²) >= 11 is 0. The van der Waals surface area contributed by atoms with Gasteiger partial charge < -0.3 is 0 Å². The van der Waals surface area contributed by atoms with Gasteiger partial charge in [-0.15, -0.1) is 0 Å². The maximum absolute atomic E-state index is 4.00. The van der Waals surface area contributed by atoms with Crippen molar-refractivity contribution in [2.24, 2.45) is 4.99 Å². The fourth-order valence-corrected chi connectivity index (χ4v) is 1.46. The molecule has 15 heavy (non-hydrogen) atoms. The molecule has 0 saturated heterocycles. The van der Waals surface area contributed by atoms with Crippen LogP contribution in [0.4, 0.5) is 5.69 Å². The third-order valence-corrected chi connectivity index (χ3v) is 2.18. The van der Waals surface area contributed by atoms with Gasteiger partial charge in [-0.3, -0.25) is 4.99 Å². The molecule has 0 unspecified atom stereocenters. The van der Waals surface area contributed by atoms with Crippen LogP contribution in [-0.2, 0) is 6.42 Å². The lowest BCUT2D eigenvalue weighted by molar-refractivity contribution is 1.13. The van der Waals surface area contributed by atoms with Crippen LogP contribution in [0.1, 0.15) is 37.5 Å². The zero-order valence-corrected chi connectivity index (χ0v) is 10.3. The third kappa shape index (κ3) is 3.35. The molecule has 0 N–H and O–H groups in total. The average molecular weight is 203 g/mol. The molecule has 1 aromatic carbocycles. The number of nitrogens with zero attached hydrogens (tertiary/aromatic N) is 1. The molecule has 0 spiro atoms. The first-order valence-electron chi connectivity index (χ1n) is 5.45. The van der Waals surface area contributed by atoms with Crippen LogP contribution < -0.4 is 0 Å². The second kappa shape index (κ2) is 6.99. The smallest absolute Gasteiger partial charge is 0.0723 e. The predicted molar refractivity (Wildman–Crippen MR) is 71.2 cm³/mol. The SMILES string of the molecule is C=Cc1cc(CC)cc(C)c1N=C.CC. The Balaban J connectivity index is 0.000000921. The summed E-state index contributed by atoms with van der Waals surface area (Å²) in [6.45, 7) is 15.5. The highest BCUT2D eigenvalue weighted by Crippen LogP contribution is 2.26. The monoisotopic (exact) mass is 203 g/mol. The fraction of sp³-hybridized carbons (Fsp3) is 0.357. The Morgan fingerprint density at radius 3 is 2.33 bits per heavy atom. The second-order valence-corrected chi connectivity index (χ2v) is 3.07. The van der Waals surface area contributed by atoms with Crippen molar-refractivity contribution >= 4 is 18.5 Å². The topological polar surface area (TPSA) is 12.4 Å². The number of hydrogen-bond acceptors (Lipinski definition) is 1. The van der Waals surface area contributed by atoms with E-state index in [-0.39, 0.29) is 0 Å². The van der Waals surface area contributed by atoms with Crippen LogP contribution in [0.5, 0.6) is 0 Å². The van der Waals surface area contributed by atoms with Crippen molar-refractivity contribution in [3.63, 3.8) is 0 Å². The van der Waals surface area contributed by atoms with E-state index in [1.807, 2.05) is 19.9 Å². The lowest BCUT2D eigenvalue weighted by atomic mass is 10.0. The van der Waals surface area contributed by atoms with E-state index in [9.17, 15) is 0 Å². The van der Waals surface area contributed by atoms with Crippen molar-refractivity contribution in [3.8, 4) is 0 Å². The summed E-state index contributed by atoms with van der Waals surface area (Å²) < 4.78 is 0. The maximum atomic E-state index is 4.00. The largest absolute Gasteiger partial charge is 0.264 e. The van der Waals surface area contributed by atoms with Crippen molar-refractivity contribution in [2.45, 2.75) is 34.1 Å². The minimum atomic E-state index is 0.951. The zero-order valence-electron chi connectivity index (χ0n) is 10.3. The van der Waals surface area contributed by atoms with Gasteiger partial charge in [0.1, 0.15) is 0 Å². The molecule has 0 amide bonds. The van der Waals surface area contributed by atoms with Crippen LogP contribution in [0, 0.1) is 6.92 Å². The summed E-state index contributed by atoms with van der Waals surface area (Å²) in [6.07, 6.45) is 2.87. The first-order chi connectivity index (χ1) is 7.22. The van der Waals surface area contributed by atoms with Gasteiger partial charge >= 0.3 is 0 Å². The molecule has 1 nitrogen and oxygen atoms in total. The van der Waals surface area contributed by atoms with Crippen LogP contribution in [-0.4, -0.2) is 6.72 Å². The Morgan fingerprint density at radius 1 is 1.33 bits per heavy atom. The molecule has 0 aliphatic carbocycles. The van der Waals surface area contributed by atoms with E-state index in [4.69, 9.17) is 0 Å². The summed E-state index contributed by atoms with van der Waals surface area (Å²) in [5.74, 6) is 0. The number of benzene rings is 1. The number of aliphatic imine (C=N–C) groups is 1. The van der Waals surface area contributed by atoms with E-state index in [0.717, 1.165) is 17.7 Å². The Kier molecular flexibility index (Phi) is 6.35. The predicted octanol–water partition coefficient (Wildman–Crippen LogP) is 4.56. The van der Waals surface area contributed by atoms with Gasteiger partial charge in [-0.25, -0.2) is 0 Å². The third-order valence-electron chi connectivity index (χ3n) is 2.18. The van der Waals surface area contributed by atoms with E-state index < -0.39 is 0 Å². The van der Waals surface area contributed by atoms with Crippen molar-refractivity contribution in [3.05, 3.63) is 35.4 Å². The molecule has 0 atom stereocenters. The van der Waals surface area contributed by atoms with E-state index >= 15 is 0 Å². The Labute approximate surface area is 93.6 Å². The molecule has 1 rings (SSSR count). The Bertz CT molecular complexity index is 337. The normalized spacial score (nSPS) is 8.80. The number of hydrogen-bond donors (Lipinski definition) is 0. The van der Waals surface area contributed by atoms with Gasteiger partial charge in [-0.05, 0) is 37.3 Å². The van der Waals surface area contributed by atoms with Crippen molar-refractivity contribution in [1.82, 2.24) is 0 Å². The first-order valence-corrected chi connectivity index (χ1v) is 5.45. The first kappa shape index (κ1) is 13.6. The van der Waals surface area contributed by atoms with Crippen LogP contribution in [0.3, 0.4) is 0 Å². The molecule has 0 radical (unpaired) electrons. The molecule has 1 heteroatoms. The van der Waals surface area contributed by atoms with Crippen molar-refractivity contribution in [1.29, 1.82) is 0 Å². The summed E-state index contributed by atoms with van der Waals surface area (Å²) in [5.41, 5.74) is 4.52. The molecule has 0 aliphatic rings. The molecule has 0 bridgehead atoms. The van der Waals surface area contributed by atoms with Crippen LogP contribution in [0.25, 0.3) is 6.08 Å². The minimum absolute atomic E-state index is 0.951. The van der Waals surface area contributed by atoms with Gasteiger partial charge in [-0.1, -0.05) is 39.5 Å². The van der Waals surface area contributed by atoms with E-state index in [2.05, 4.69) is 44.3 Å². The molecule has 0 fully saturated rings. The highest BCUT2D eigenvalue weighted by Gasteiger charge is 2.02. The van der Waals surface area contributed by atoms with E-state index in [0.29, 0.717) is 0 Å². The lowest BCUT2D eigenvalue weighted by Gasteiger charge is -2.07. The number of rotatable bonds is 3. The molecule has 0 heterocycles. The van der Waals surface area contributed by atoms with Gasteiger partial charge in [-0.2, -0.15) is 0 Å². The second-order valence-electron chi connectivity index (χ2n) is 3.07. The molecule has 82 valence electrons. The van der Waals surface area contributed by atoms with Crippen LogP contribution >= 0.6 is 0 Å². The highest BCUT2D eigenvalue weighted by atomic mass is 14.7. The average Bonchev–Trinajstić information content (AvgIpc) is 2.30. The highest BCUT2D eigenvalue weighted by molar-refractivity contribution is 5.69. The summed E-state index contributed by atoms with van der Waals surface area (Å²) in [7, 11) is 0. The Hall–Kier alpha value is -1.37. The molecule has 1 aromatic rings. The minimum Gasteiger partial charge on any atom is -0.264 e. The van der Waals surface area contributed by atoms with Crippen molar-refractivity contribution in [2.75, 3.05) is 0 Å². The van der Waals surface area contributed by atoms with Crippen LogP contribution in [0.2, 0.25) is 0 Å². The summed E-state index contributed by atoms with van der Waals surface area (Å²) in [5, 5.41) is 0. The van der Waals surface area contributed by atoms with Crippen molar-refractivity contribution < 1.29 is 0 Å². The number of aryl methyl sites for hydroxylation is 2. The standard InChI is InChI=1S/C12H15N.C2H6/c1-5-10-7-9(3)12(13-4)11(6-2)8-10;1-2/h6-8H,2,4-5H2,1,3H3;1-2H3. The van der Waals surface area contributed by atoms with Crippen LogP contribution in [0.15, 0.2) is 23.7 Å². The molecular weight excluding hydrogens is 182 g/mol. The maximum Gasteiger partial charge on any atom is 0.0723 e. The summed E-state index contributed by atoms with van der Waals surface area (Å²) in [4.78, 5) is 4.00. The molecular formula is C14H21N. The van der Waals surface area contributed by atoms with Gasteiger partial charge in [0.15, 0.2) is 0 Å². The van der Waals surface area contributed by atoms with E-state index in [1.165, 1.54) is 11.1 Å². The van der Waals surface area contributed by atoms with Gasteiger partial charge in [0.2, 0.25) is 0 Å². The quantitative estimate of drug-likeness (QED) is 0.639. The van der Waals surface area contributed by atoms with E-state index in [1.54, 1.807) is 0 Å². The fourth-order valence-electron chi connectivity index (χ4n) is 1.46. The summed E-state index contributed by atoms with van der Waals surface area (Å²) in [6, 6.07) is 4.26. The van der Waals surface area contributed by atoms with Gasteiger partial charge in [0.25, 0.3) is 0 Å². The Morgan fingerprint density at radius 2 is 1.93 bits per heavy atom. The van der Waals surface area contributed by atoms with Gasteiger partial charge in [0.05, 0.1) is 5.69 Å². The lowest BCUT2D eigenvalue weighted by Crippen LogP contribution is -1.86. The molecule has 0 aromatic heterocycles. The molecule has 0 aliphatic heterocycles. The zero-order chi connectivity index (χ0) is 11.8. The van der Waals surface area contributed by atoms with Gasteiger partial charge in [0, 0.05) is 5.56 Å².